The van der Waals surface area contributed by atoms with Gasteiger partial charge in [0.1, 0.15) is 0 Å². The van der Waals surface area contributed by atoms with Crippen molar-refractivity contribution in [2.75, 3.05) is 0 Å². The normalized spacial score (nSPS) is 21.1. The Labute approximate surface area is 238 Å². The van der Waals surface area contributed by atoms with Crippen molar-refractivity contribution in [3.8, 4) is 0 Å². The number of nitrogens with one attached hydrogen (secondary N) is 3. The van der Waals surface area contributed by atoms with Crippen LogP contribution in [0, 0.1) is 19.8 Å². The Morgan fingerprint density at radius 3 is 2.54 bits per heavy atom. The summed E-state index contributed by atoms with van der Waals surface area (Å²) in [5, 5.41) is 12.2. The first-order valence-electron chi connectivity index (χ1n) is 13.9. The molecule has 9 nitrogen and oxygen atoms in total. The quantitative estimate of drug-likeness (QED) is 0.320. The summed E-state index contributed by atoms with van der Waals surface area (Å²) in [4.78, 5) is 60.2. The third-order valence-electron chi connectivity index (χ3n) is 8.54. The number of hydrogen-bond donors (Lipinski definition) is 4. The highest BCUT2D eigenvalue weighted by molar-refractivity contribution is 6.14. The molecule has 4 heterocycles. The monoisotopic (exact) mass is 554 g/mol. The predicted molar refractivity (Wildman–Crippen MR) is 156 cm³/mol. The lowest BCUT2D eigenvalue weighted by atomic mass is 9.93. The van der Waals surface area contributed by atoms with Crippen LogP contribution in [0.2, 0.25) is 0 Å². The van der Waals surface area contributed by atoms with Gasteiger partial charge in [0, 0.05) is 70.4 Å². The molecule has 0 bridgehead atoms. The second-order valence-corrected chi connectivity index (χ2v) is 10.9. The Kier molecular flexibility index (Phi) is 7.38. The zero-order chi connectivity index (χ0) is 29.6. The Morgan fingerprint density at radius 2 is 1.90 bits per heavy atom. The number of aliphatic carboxylic acids is 1. The van der Waals surface area contributed by atoms with Crippen LogP contribution in [-0.2, 0) is 22.4 Å². The van der Waals surface area contributed by atoms with Crippen LogP contribution < -0.4 is 5.32 Å². The molecule has 4 N–H and O–H groups in total. The number of hydrogen-bond acceptors (Lipinski definition) is 5. The second kappa shape index (κ2) is 10.8. The molecule has 1 atom stereocenters. The van der Waals surface area contributed by atoms with Gasteiger partial charge in [0.15, 0.2) is 12.1 Å². The van der Waals surface area contributed by atoms with E-state index in [0.717, 1.165) is 69.0 Å². The molecule has 0 aromatic carbocycles. The fourth-order valence-corrected chi connectivity index (χ4v) is 6.34. The Bertz CT molecular complexity index is 1660. The van der Waals surface area contributed by atoms with Gasteiger partial charge in [0.25, 0.3) is 5.91 Å². The van der Waals surface area contributed by atoms with Gasteiger partial charge in [0.05, 0.1) is 11.4 Å². The van der Waals surface area contributed by atoms with Crippen LogP contribution in [0.4, 0.5) is 0 Å². The number of carbonyl (C=O) groups is 4. The number of rotatable bonds is 9. The molecule has 1 amide bonds. The van der Waals surface area contributed by atoms with Crippen molar-refractivity contribution in [3.05, 3.63) is 86.3 Å². The molecule has 0 spiro atoms. The minimum Gasteiger partial charge on any atom is -0.481 e. The van der Waals surface area contributed by atoms with Crippen molar-refractivity contribution < 1.29 is 24.3 Å². The number of nitrogens with zero attached hydrogens (tertiary/aromatic N) is 1. The molecule has 212 valence electrons. The predicted octanol–water partition coefficient (Wildman–Crippen LogP) is 5.06. The van der Waals surface area contributed by atoms with Gasteiger partial charge in [-0.15, -0.1) is 0 Å². The number of carboxylic acids is 1. The summed E-state index contributed by atoms with van der Waals surface area (Å²) in [6.45, 7) is 11.5. The summed E-state index contributed by atoms with van der Waals surface area (Å²) in [6, 6.07) is 0. The van der Waals surface area contributed by atoms with Crippen LogP contribution in [-0.4, -0.2) is 44.7 Å². The van der Waals surface area contributed by atoms with Gasteiger partial charge in [-0.05, 0) is 68.4 Å². The molecule has 41 heavy (non-hydrogen) atoms. The molecule has 9 heteroatoms. The molecule has 2 aromatic rings. The average Bonchev–Trinajstić information content (AvgIpc) is 3.70. The van der Waals surface area contributed by atoms with Crippen molar-refractivity contribution in [2.24, 2.45) is 10.9 Å². The molecule has 1 aliphatic carbocycles. The molecule has 2 aliphatic heterocycles. The molecule has 0 saturated carbocycles. The number of H-pyrrole nitrogens is 2. The molecule has 5 rings (SSSR count). The van der Waals surface area contributed by atoms with E-state index in [2.05, 4.69) is 28.8 Å². The van der Waals surface area contributed by atoms with Crippen molar-refractivity contribution in [1.29, 1.82) is 0 Å². The van der Waals surface area contributed by atoms with Crippen LogP contribution in [0.3, 0.4) is 0 Å². The zero-order valence-electron chi connectivity index (χ0n) is 23.8. The lowest BCUT2D eigenvalue weighted by molar-refractivity contribution is -0.137. The van der Waals surface area contributed by atoms with Gasteiger partial charge in [0.2, 0.25) is 0 Å². The SMILES string of the molecule is C=CC1=C(C)/C(=C/C2=NC(=C3/CC(=O)c4c3[nH]c(Cc3[nH]c(C=O)c(C)c3CC)c4C)/C(CCC(=O)O)C2)NC1=O. The summed E-state index contributed by atoms with van der Waals surface area (Å²) in [5.41, 5.74) is 10.9. The third-order valence-corrected chi connectivity index (χ3v) is 8.54. The van der Waals surface area contributed by atoms with Gasteiger partial charge in [-0.3, -0.25) is 24.2 Å². The van der Waals surface area contributed by atoms with E-state index in [4.69, 9.17) is 4.99 Å². The standard InChI is InChI=1S/C32H34N4O5/c1-6-20-15(3)26(14-37)34-25(20)13-24-17(5)29-27(38)12-22(31(29)35-24)30-18(8-9-28(39)40)10-19(33-30)11-23-16(4)21(7-2)32(41)36-23/h7,11,14,18,34-35H,2,6,8-10,12-13H2,1,3-5H3,(H,36,41)(H,39,40)/b23-11-,30-22-. The molecule has 0 saturated heterocycles. The summed E-state index contributed by atoms with van der Waals surface area (Å²) < 4.78 is 0. The van der Waals surface area contributed by atoms with E-state index >= 15 is 0 Å². The summed E-state index contributed by atoms with van der Waals surface area (Å²) in [7, 11) is 0. The van der Waals surface area contributed by atoms with Crippen LogP contribution in [0.15, 0.2) is 46.3 Å². The molecular formula is C32H34N4O5. The van der Waals surface area contributed by atoms with Gasteiger partial charge in [-0.2, -0.15) is 0 Å². The molecule has 0 fully saturated rings. The maximum atomic E-state index is 13.3. The minimum absolute atomic E-state index is 0.00547. The van der Waals surface area contributed by atoms with Crippen molar-refractivity contribution >= 4 is 35.2 Å². The summed E-state index contributed by atoms with van der Waals surface area (Å²) in [5.74, 6) is -1.27. The van der Waals surface area contributed by atoms with E-state index in [-0.39, 0.29) is 30.4 Å². The largest absolute Gasteiger partial charge is 0.481 e. The average molecular weight is 555 g/mol. The van der Waals surface area contributed by atoms with E-state index < -0.39 is 5.97 Å². The molecule has 1 unspecified atom stereocenters. The second-order valence-electron chi connectivity index (χ2n) is 10.9. The van der Waals surface area contributed by atoms with E-state index in [9.17, 15) is 24.3 Å². The minimum atomic E-state index is -0.887. The van der Waals surface area contributed by atoms with Crippen molar-refractivity contribution in [1.82, 2.24) is 15.3 Å². The fraction of sp³-hybridized carbons (Fsp3) is 0.344. The number of Topliss-reactive ketones (excluding diaryl/α,β-unsaturated/α-hetero) is 1. The van der Waals surface area contributed by atoms with Gasteiger partial charge < -0.3 is 20.4 Å². The number of aromatic amines is 2. The maximum absolute atomic E-state index is 13.3. The molecular weight excluding hydrogens is 520 g/mol. The lowest BCUT2D eigenvalue weighted by Crippen LogP contribution is -2.16. The highest BCUT2D eigenvalue weighted by Gasteiger charge is 2.36. The van der Waals surface area contributed by atoms with Crippen LogP contribution in [0.25, 0.3) is 5.57 Å². The molecule has 2 aromatic heterocycles. The first-order valence-corrected chi connectivity index (χ1v) is 13.9. The third kappa shape index (κ3) is 4.85. The van der Waals surface area contributed by atoms with E-state index in [0.29, 0.717) is 41.8 Å². The van der Waals surface area contributed by atoms with Crippen molar-refractivity contribution in [2.45, 2.75) is 66.2 Å². The summed E-state index contributed by atoms with van der Waals surface area (Å²) in [6.07, 6.45) is 6.57. The van der Waals surface area contributed by atoms with E-state index in [1.54, 1.807) is 0 Å². The number of fused-ring (bicyclic) bond motifs is 1. The van der Waals surface area contributed by atoms with Crippen LogP contribution in [0.1, 0.15) is 94.1 Å². The van der Waals surface area contributed by atoms with E-state index in [1.165, 1.54) is 6.08 Å². The number of aromatic nitrogens is 2. The highest BCUT2D eigenvalue weighted by atomic mass is 16.4. The number of ketones is 1. The Morgan fingerprint density at radius 1 is 1.15 bits per heavy atom. The molecule has 3 aliphatic rings. The first-order chi connectivity index (χ1) is 19.6. The maximum Gasteiger partial charge on any atom is 0.303 e. The number of amides is 1. The smallest absolute Gasteiger partial charge is 0.303 e. The number of carboxylic acid groups (broad SMARTS) is 1. The fourth-order valence-electron chi connectivity index (χ4n) is 6.34. The summed E-state index contributed by atoms with van der Waals surface area (Å²) >= 11 is 0. The van der Waals surface area contributed by atoms with Crippen LogP contribution in [0.5, 0.6) is 0 Å². The number of carbonyl (C=O) groups excluding carboxylic acids is 3. The number of allylic oxidation sites excluding steroid dienone is 4. The number of aliphatic imine (C=N–C) groups is 1. The molecule has 0 radical (unpaired) electrons. The zero-order valence-corrected chi connectivity index (χ0v) is 23.8. The Hall–Kier alpha value is -4.53. The topological polar surface area (TPSA) is 144 Å². The van der Waals surface area contributed by atoms with Crippen LogP contribution >= 0.6 is 0 Å². The van der Waals surface area contributed by atoms with Crippen molar-refractivity contribution in [3.63, 3.8) is 0 Å². The highest BCUT2D eigenvalue weighted by Crippen LogP contribution is 2.43. The number of aldehydes is 1. The van der Waals surface area contributed by atoms with Gasteiger partial charge >= 0.3 is 5.97 Å². The van der Waals surface area contributed by atoms with Gasteiger partial charge in [-0.25, -0.2) is 0 Å². The van der Waals surface area contributed by atoms with E-state index in [1.807, 2.05) is 26.8 Å². The Balaban J connectivity index is 1.56. The van der Waals surface area contributed by atoms with Gasteiger partial charge in [-0.1, -0.05) is 19.6 Å². The first kappa shape index (κ1) is 28.0. The lowest BCUT2D eigenvalue weighted by Gasteiger charge is -2.12.